The van der Waals surface area contributed by atoms with Crippen LogP contribution in [0.25, 0.3) is 28.3 Å². The van der Waals surface area contributed by atoms with Crippen LogP contribution >= 0.6 is 0 Å². The van der Waals surface area contributed by atoms with Crippen molar-refractivity contribution in [2.45, 2.75) is 0 Å². The topological polar surface area (TPSA) is 26.0 Å². The number of rotatable bonds is 3. The first-order valence-corrected chi connectivity index (χ1v) is 7.17. The summed E-state index contributed by atoms with van der Waals surface area (Å²) < 4.78 is 27.6. The van der Waals surface area contributed by atoms with E-state index in [2.05, 4.69) is 6.58 Å². The molecule has 0 saturated heterocycles. The van der Waals surface area contributed by atoms with Gasteiger partial charge in [-0.25, -0.2) is 8.78 Å². The van der Waals surface area contributed by atoms with Crippen molar-refractivity contribution in [1.82, 2.24) is 0 Å². The molecule has 0 aliphatic heterocycles. The molecule has 0 spiro atoms. The molecule has 0 aliphatic carbocycles. The molecule has 0 atom stereocenters. The van der Waals surface area contributed by atoms with Gasteiger partial charge in [0.1, 0.15) is 0 Å². The molecule has 23 heavy (non-hydrogen) atoms. The van der Waals surface area contributed by atoms with Crippen LogP contribution < -0.4 is 5.73 Å². The Hall–Kier alpha value is -2.94. The van der Waals surface area contributed by atoms with Gasteiger partial charge in [-0.1, -0.05) is 61.2 Å². The van der Waals surface area contributed by atoms with E-state index in [0.717, 1.165) is 16.7 Å². The zero-order valence-electron chi connectivity index (χ0n) is 12.4. The molecular formula is C20H15F2N. The number of halogens is 2. The molecule has 0 radical (unpaired) electrons. The summed E-state index contributed by atoms with van der Waals surface area (Å²) in [6.45, 7) is 3.72. The van der Waals surface area contributed by atoms with E-state index < -0.39 is 11.6 Å². The van der Waals surface area contributed by atoms with E-state index in [-0.39, 0.29) is 11.3 Å². The Morgan fingerprint density at radius 1 is 0.696 bits per heavy atom. The maximum Gasteiger partial charge on any atom is 0.182 e. The Kier molecular flexibility index (Phi) is 3.94. The lowest BCUT2D eigenvalue weighted by atomic mass is 9.99. The summed E-state index contributed by atoms with van der Waals surface area (Å²) in [6.07, 6.45) is 1.78. The summed E-state index contributed by atoms with van der Waals surface area (Å²) in [7, 11) is 0. The van der Waals surface area contributed by atoms with Crippen molar-refractivity contribution in [3.63, 3.8) is 0 Å². The Balaban J connectivity index is 1.96. The zero-order valence-corrected chi connectivity index (χ0v) is 12.4. The van der Waals surface area contributed by atoms with E-state index in [1.165, 1.54) is 12.1 Å². The lowest BCUT2D eigenvalue weighted by Crippen LogP contribution is -1.96. The highest BCUT2D eigenvalue weighted by molar-refractivity contribution is 5.72. The van der Waals surface area contributed by atoms with E-state index in [0.29, 0.717) is 5.56 Å². The molecule has 3 aromatic carbocycles. The van der Waals surface area contributed by atoms with Crippen LogP contribution in [-0.4, -0.2) is 0 Å². The van der Waals surface area contributed by atoms with Crippen molar-refractivity contribution in [3.8, 4) is 22.3 Å². The van der Waals surface area contributed by atoms with Crippen LogP contribution in [0.15, 0.2) is 67.2 Å². The minimum Gasteiger partial charge on any atom is -0.396 e. The van der Waals surface area contributed by atoms with E-state index in [4.69, 9.17) is 5.73 Å². The summed E-state index contributed by atoms with van der Waals surface area (Å²) in [5.41, 5.74) is 9.08. The van der Waals surface area contributed by atoms with Crippen LogP contribution in [0.5, 0.6) is 0 Å². The molecule has 0 unspecified atom stereocenters. The van der Waals surface area contributed by atoms with Gasteiger partial charge >= 0.3 is 0 Å². The standard InChI is InChI=1S/C20H15F2N/c1-2-13-3-5-14(6-4-13)15-7-9-16(10-8-15)17-11-12-18(23)20(22)19(17)21/h2-12H,1,23H2. The van der Waals surface area contributed by atoms with Gasteiger partial charge in [0, 0.05) is 5.56 Å². The van der Waals surface area contributed by atoms with Gasteiger partial charge in [-0.05, 0) is 34.4 Å². The van der Waals surface area contributed by atoms with Crippen molar-refractivity contribution in [2.75, 3.05) is 5.73 Å². The van der Waals surface area contributed by atoms with Crippen molar-refractivity contribution >= 4 is 11.8 Å². The molecule has 0 aliphatic rings. The van der Waals surface area contributed by atoms with E-state index in [1.807, 2.05) is 36.4 Å². The first kappa shape index (κ1) is 15.0. The number of hydrogen-bond acceptors (Lipinski definition) is 1. The molecule has 0 bridgehead atoms. The third-order valence-corrected chi connectivity index (χ3v) is 3.79. The highest BCUT2D eigenvalue weighted by Gasteiger charge is 2.13. The summed E-state index contributed by atoms with van der Waals surface area (Å²) in [5.74, 6) is -1.93. The fourth-order valence-electron chi connectivity index (χ4n) is 2.44. The lowest BCUT2D eigenvalue weighted by molar-refractivity contribution is 0.514. The van der Waals surface area contributed by atoms with Crippen molar-refractivity contribution in [3.05, 3.63) is 84.4 Å². The molecule has 2 N–H and O–H groups in total. The van der Waals surface area contributed by atoms with Gasteiger partial charge in [0.25, 0.3) is 0 Å². The third kappa shape index (κ3) is 2.86. The maximum absolute atomic E-state index is 14.0. The number of benzene rings is 3. The average molecular weight is 307 g/mol. The highest BCUT2D eigenvalue weighted by Crippen LogP contribution is 2.29. The largest absolute Gasteiger partial charge is 0.396 e. The summed E-state index contributed by atoms with van der Waals surface area (Å²) >= 11 is 0. The van der Waals surface area contributed by atoms with Crippen LogP contribution in [-0.2, 0) is 0 Å². The van der Waals surface area contributed by atoms with Gasteiger partial charge in [-0.3, -0.25) is 0 Å². The Morgan fingerprint density at radius 2 is 1.22 bits per heavy atom. The highest BCUT2D eigenvalue weighted by atomic mass is 19.2. The van der Waals surface area contributed by atoms with E-state index >= 15 is 0 Å². The molecule has 3 aromatic rings. The second-order valence-corrected chi connectivity index (χ2v) is 5.23. The van der Waals surface area contributed by atoms with E-state index in [9.17, 15) is 8.78 Å². The lowest BCUT2D eigenvalue weighted by Gasteiger charge is -2.08. The van der Waals surface area contributed by atoms with Crippen LogP contribution in [0.2, 0.25) is 0 Å². The minimum absolute atomic E-state index is 0.190. The fraction of sp³-hybridized carbons (Fsp3) is 0. The number of hydrogen-bond donors (Lipinski definition) is 1. The molecule has 3 heteroatoms. The minimum atomic E-state index is -1.01. The molecule has 0 fully saturated rings. The Labute approximate surface area is 133 Å². The van der Waals surface area contributed by atoms with Crippen LogP contribution in [0.3, 0.4) is 0 Å². The number of nitrogens with two attached hydrogens (primary N) is 1. The Morgan fingerprint density at radius 3 is 1.78 bits per heavy atom. The summed E-state index contributed by atoms with van der Waals surface area (Å²) in [6, 6.07) is 18.1. The van der Waals surface area contributed by atoms with Gasteiger partial charge in [0.15, 0.2) is 11.6 Å². The SMILES string of the molecule is C=Cc1ccc(-c2ccc(-c3ccc(N)c(F)c3F)cc2)cc1. The fourth-order valence-corrected chi connectivity index (χ4v) is 2.44. The molecule has 3 rings (SSSR count). The van der Waals surface area contributed by atoms with Crippen LogP contribution in [0.1, 0.15) is 5.56 Å². The molecule has 0 heterocycles. The number of anilines is 1. The quantitative estimate of drug-likeness (QED) is 0.633. The normalized spacial score (nSPS) is 10.5. The molecule has 0 aromatic heterocycles. The summed E-state index contributed by atoms with van der Waals surface area (Å²) in [4.78, 5) is 0. The van der Waals surface area contributed by atoms with Crippen LogP contribution in [0, 0.1) is 11.6 Å². The first-order chi connectivity index (χ1) is 11.1. The molecular weight excluding hydrogens is 292 g/mol. The third-order valence-electron chi connectivity index (χ3n) is 3.79. The van der Waals surface area contributed by atoms with Crippen molar-refractivity contribution in [1.29, 1.82) is 0 Å². The predicted molar refractivity (Wildman–Crippen MR) is 91.7 cm³/mol. The van der Waals surface area contributed by atoms with E-state index in [1.54, 1.807) is 18.2 Å². The van der Waals surface area contributed by atoms with Gasteiger partial charge in [-0.2, -0.15) is 0 Å². The average Bonchev–Trinajstić information content (AvgIpc) is 2.60. The smallest absolute Gasteiger partial charge is 0.182 e. The molecule has 1 nitrogen and oxygen atoms in total. The maximum atomic E-state index is 14.0. The first-order valence-electron chi connectivity index (χ1n) is 7.17. The Bertz CT molecular complexity index is 850. The zero-order chi connectivity index (χ0) is 16.4. The van der Waals surface area contributed by atoms with Gasteiger partial charge in [-0.15, -0.1) is 0 Å². The predicted octanol–water partition coefficient (Wildman–Crippen LogP) is 5.52. The molecule has 114 valence electrons. The van der Waals surface area contributed by atoms with Gasteiger partial charge in [0.2, 0.25) is 0 Å². The molecule has 0 amide bonds. The van der Waals surface area contributed by atoms with Gasteiger partial charge < -0.3 is 5.73 Å². The van der Waals surface area contributed by atoms with Gasteiger partial charge in [0.05, 0.1) is 5.69 Å². The monoisotopic (exact) mass is 307 g/mol. The second-order valence-electron chi connectivity index (χ2n) is 5.23. The van der Waals surface area contributed by atoms with Crippen molar-refractivity contribution in [2.24, 2.45) is 0 Å². The molecule has 0 saturated carbocycles. The van der Waals surface area contributed by atoms with Crippen molar-refractivity contribution < 1.29 is 8.78 Å². The van der Waals surface area contributed by atoms with Crippen LogP contribution in [0.4, 0.5) is 14.5 Å². The summed E-state index contributed by atoms with van der Waals surface area (Å²) in [5, 5.41) is 0. The number of nitrogen functional groups attached to an aromatic ring is 1. The second kappa shape index (κ2) is 6.05.